The lowest BCUT2D eigenvalue weighted by atomic mass is 9.87. The van der Waals surface area contributed by atoms with Gasteiger partial charge in [-0.2, -0.15) is 0 Å². The molecule has 0 radical (unpaired) electrons. The topological polar surface area (TPSA) is 49.3 Å². The predicted molar refractivity (Wildman–Crippen MR) is 110 cm³/mol. The molecular weight excluding hydrogens is 399 g/mol. The summed E-state index contributed by atoms with van der Waals surface area (Å²) in [6.45, 7) is 11.4. The van der Waals surface area contributed by atoms with Gasteiger partial charge in [-0.15, -0.1) is 24.0 Å². The molecule has 1 rings (SSSR count). The van der Waals surface area contributed by atoms with Crippen molar-refractivity contribution >= 4 is 29.9 Å². The molecule has 0 aliphatic heterocycles. The second-order valence-electron chi connectivity index (χ2n) is 6.49. The molecule has 1 aromatic heterocycles. The van der Waals surface area contributed by atoms with Gasteiger partial charge in [-0.1, -0.05) is 46.1 Å². The second-order valence-corrected chi connectivity index (χ2v) is 6.49. The number of nitrogens with one attached hydrogen (secondary N) is 2. The first kappa shape index (κ1) is 22.1. The molecule has 0 aliphatic rings. The molecule has 0 aromatic carbocycles. The summed E-state index contributed by atoms with van der Waals surface area (Å²) in [5.41, 5.74) is 1.28. The van der Waals surface area contributed by atoms with E-state index in [0.717, 1.165) is 24.7 Å². The number of halogens is 1. The number of hydrogen-bond donors (Lipinski definition) is 2. The third kappa shape index (κ3) is 10.5. The highest BCUT2D eigenvalue weighted by atomic mass is 127. The predicted octanol–water partition coefficient (Wildman–Crippen LogP) is 4.36. The maximum absolute atomic E-state index is 4.62. The summed E-state index contributed by atoms with van der Waals surface area (Å²) >= 11 is 0. The van der Waals surface area contributed by atoms with E-state index in [1.807, 2.05) is 24.4 Å². The monoisotopic (exact) mass is 432 g/mol. The van der Waals surface area contributed by atoms with Crippen LogP contribution in [0.4, 0.5) is 0 Å². The molecule has 132 valence electrons. The number of hydrogen-bond acceptors (Lipinski definition) is 2. The molecule has 0 fully saturated rings. The van der Waals surface area contributed by atoms with Crippen LogP contribution >= 0.6 is 24.0 Å². The van der Waals surface area contributed by atoms with Crippen molar-refractivity contribution in [2.75, 3.05) is 13.1 Å². The molecule has 1 heterocycles. The first-order valence-electron chi connectivity index (χ1n) is 8.49. The minimum atomic E-state index is 0. The van der Waals surface area contributed by atoms with Crippen molar-refractivity contribution in [3.8, 4) is 0 Å². The zero-order chi connectivity index (χ0) is 16.3. The number of pyridine rings is 1. The average Bonchev–Trinajstić information content (AvgIpc) is 2.51. The van der Waals surface area contributed by atoms with Crippen LogP contribution in [0.5, 0.6) is 0 Å². The Morgan fingerprint density at radius 1 is 1.17 bits per heavy atom. The smallest absolute Gasteiger partial charge is 0.191 e. The van der Waals surface area contributed by atoms with E-state index in [9.17, 15) is 0 Å². The molecule has 0 unspecified atom stereocenters. The minimum Gasteiger partial charge on any atom is -0.357 e. The summed E-state index contributed by atoms with van der Waals surface area (Å²) < 4.78 is 0. The maximum atomic E-state index is 4.62. The normalized spacial score (nSPS) is 11.7. The van der Waals surface area contributed by atoms with Crippen molar-refractivity contribution in [3.63, 3.8) is 0 Å². The zero-order valence-corrected chi connectivity index (χ0v) is 17.4. The number of aromatic nitrogens is 1. The Hall–Kier alpha value is -0.850. The van der Waals surface area contributed by atoms with Gasteiger partial charge in [-0.05, 0) is 30.9 Å². The summed E-state index contributed by atoms with van der Waals surface area (Å²) in [5, 5.41) is 6.77. The van der Waals surface area contributed by atoms with E-state index in [-0.39, 0.29) is 29.4 Å². The first-order chi connectivity index (χ1) is 10.6. The van der Waals surface area contributed by atoms with Crippen LogP contribution in [0.15, 0.2) is 29.4 Å². The largest absolute Gasteiger partial charge is 0.357 e. The Morgan fingerprint density at radius 2 is 1.96 bits per heavy atom. The lowest BCUT2D eigenvalue weighted by Crippen LogP contribution is -2.42. The van der Waals surface area contributed by atoms with E-state index in [0.29, 0.717) is 6.54 Å². The van der Waals surface area contributed by atoms with Gasteiger partial charge in [0.15, 0.2) is 5.96 Å². The lowest BCUT2D eigenvalue weighted by molar-refractivity contribution is 0.318. The van der Waals surface area contributed by atoms with Gasteiger partial charge in [-0.3, -0.25) is 4.98 Å². The Bertz CT molecular complexity index is 432. The summed E-state index contributed by atoms with van der Waals surface area (Å²) in [6.07, 6.45) is 6.94. The van der Waals surface area contributed by atoms with Crippen LogP contribution in [0, 0.1) is 5.41 Å². The number of guanidine groups is 1. The van der Waals surface area contributed by atoms with Crippen LogP contribution < -0.4 is 10.6 Å². The van der Waals surface area contributed by atoms with Gasteiger partial charge in [0.1, 0.15) is 0 Å². The van der Waals surface area contributed by atoms with E-state index in [2.05, 4.69) is 48.3 Å². The Balaban J connectivity index is 0.00000484. The van der Waals surface area contributed by atoms with Crippen LogP contribution in [-0.4, -0.2) is 24.0 Å². The van der Waals surface area contributed by atoms with E-state index >= 15 is 0 Å². The molecule has 0 saturated carbocycles. The summed E-state index contributed by atoms with van der Waals surface area (Å²) in [4.78, 5) is 8.92. The van der Waals surface area contributed by atoms with Gasteiger partial charge >= 0.3 is 0 Å². The molecule has 0 aliphatic carbocycles. The van der Waals surface area contributed by atoms with Gasteiger partial charge in [0.25, 0.3) is 0 Å². The molecule has 5 heteroatoms. The fourth-order valence-corrected chi connectivity index (χ4v) is 2.26. The highest BCUT2D eigenvalue weighted by Gasteiger charge is 2.17. The molecule has 0 bridgehead atoms. The average molecular weight is 432 g/mol. The Kier molecular flexibility index (Phi) is 12.1. The van der Waals surface area contributed by atoms with Gasteiger partial charge < -0.3 is 10.6 Å². The quantitative estimate of drug-likeness (QED) is 0.264. The van der Waals surface area contributed by atoms with Crippen LogP contribution in [0.2, 0.25) is 0 Å². The van der Waals surface area contributed by atoms with Crippen molar-refractivity contribution in [2.45, 2.75) is 59.9 Å². The molecular formula is C18H33IN4. The van der Waals surface area contributed by atoms with Crippen molar-refractivity contribution < 1.29 is 0 Å². The number of aliphatic imine (C=N–C) groups is 1. The van der Waals surface area contributed by atoms with Crippen LogP contribution in [0.25, 0.3) is 0 Å². The van der Waals surface area contributed by atoms with Crippen LogP contribution in [0.1, 0.15) is 59.1 Å². The van der Waals surface area contributed by atoms with E-state index in [1.54, 1.807) is 0 Å². The maximum Gasteiger partial charge on any atom is 0.191 e. The SMILES string of the molecule is CCCCCC(C)(C)CNC(=NCc1ccccn1)NCC.I. The molecule has 0 atom stereocenters. The van der Waals surface area contributed by atoms with Crippen LogP contribution in [-0.2, 0) is 6.54 Å². The second kappa shape index (κ2) is 12.6. The van der Waals surface area contributed by atoms with E-state index < -0.39 is 0 Å². The van der Waals surface area contributed by atoms with E-state index in [1.165, 1.54) is 25.7 Å². The van der Waals surface area contributed by atoms with Gasteiger partial charge in [0, 0.05) is 19.3 Å². The van der Waals surface area contributed by atoms with Crippen molar-refractivity contribution in [3.05, 3.63) is 30.1 Å². The molecule has 0 saturated heterocycles. The van der Waals surface area contributed by atoms with Gasteiger partial charge in [-0.25, -0.2) is 4.99 Å². The lowest BCUT2D eigenvalue weighted by Gasteiger charge is -2.26. The zero-order valence-electron chi connectivity index (χ0n) is 15.1. The fraction of sp³-hybridized carbons (Fsp3) is 0.667. The number of nitrogens with zero attached hydrogens (tertiary/aromatic N) is 2. The molecule has 4 nitrogen and oxygen atoms in total. The minimum absolute atomic E-state index is 0. The third-order valence-corrected chi connectivity index (χ3v) is 3.66. The van der Waals surface area contributed by atoms with Crippen LogP contribution in [0.3, 0.4) is 0 Å². The number of rotatable bonds is 9. The summed E-state index contributed by atoms with van der Waals surface area (Å²) in [7, 11) is 0. The van der Waals surface area contributed by atoms with Crippen molar-refractivity contribution in [1.29, 1.82) is 0 Å². The molecule has 2 N–H and O–H groups in total. The van der Waals surface area contributed by atoms with E-state index in [4.69, 9.17) is 0 Å². The number of unbranched alkanes of at least 4 members (excludes halogenated alkanes) is 2. The van der Waals surface area contributed by atoms with Crippen molar-refractivity contribution in [2.24, 2.45) is 10.4 Å². The molecule has 0 spiro atoms. The molecule has 0 amide bonds. The summed E-state index contributed by atoms with van der Waals surface area (Å²) in [6, 6.07) is 5.92. The Morgan fingerprint density at radius 3 is 2.57 bits per heavy atom. The Labute approximate surface area is 159 Å². The molecule has 23 heavy (non-hydrogen) atoms. The highest BCUT2D eigenvalue weighted by Crippen LogP contribution is 2.22. The van der Waals surface area contributed by atoms with Gasteiger partial charge in [0.05, 0.1) is 12.2 Å². The molecule has 1 aromatic rings. The highest BCUT2D eigenvalue weighted by molar-refractivity contribution is 14.0. The third-order valence-electron chi connectivity index (χ3n) is 3.66. The van der Waals surface area contributed by atoms with Gasteiger partial charge in [0.2, 0.25) is 0 Å². The standard InChI is InChI=1S/C18H32N4.HI/c1-5-7-9-12-18(3,4)15-22-17(19-6-2)21-14-16-11-8-10-13-20-16;/h8,10-11,13H,5-7,9,12,14-15H2,1-4H3,(H2,19,21,22);1H. The van der Waals surface area contributed by atoms with Crippen molar-refractivity contribution in [1.82, 2.24) is 15.6 Å². The summed E-state index contributed by atoms with van der Waals surface area (Å²) in [5.74, 6) is 0.872. The first-order valence-corrected chi connectivity index (χ1v) is 8.49. The fourth-order valence-electron chi connectivity index (χ4n) is 2.26.